The summed E-state index contributed by atoms with van der Waals surface area (Å²) in [4.78, 5) is 30.2. The maximum Gasteiger partial charge on any atom is 0.325 e. The van der Waals surface area contributed by atoms with E-state index in [2.05, 4.69) is 4.99 Å². The number of amidine groups is 1. The monoisotopic (exact) mass is 343 g/mol. The highest BCUT2D eigenvalue weighted by molar-refractivity contribution is 8.18. The van der Waals surface area contributed by atoms with E-state index in [1.807, 2.05) is 41.1 Å². The van der Waals surface area contributed by atoms with Crippen LogP contribution in [0.2, 0.25) is 0 Å². The van der Waals surface area contributed by atoms with Crippen molar-refractivity contribution in [2.45, 2.75) is 6.54 Å². The van der Waals surface area contributed by atoms with Crippen LogP contribution in [0.15, 0.2) is 40.4 Å². The smallest absolute Gasteiger partial charge is 0.325 e. The van der Waals surface area contributed by atoms with Crippen molar-refractivity contribution < 1.29 is 14.3 Å². The van der Waals surface area contributed by atoms with E-state index in [4.69, 9.17) is 4.74 Å². The second-order valence-electron chi connectivity index (χ2n) is 5.29. The number of aromatic nitrogens is 1. The second-order valence-corrected chi connectivity index (χ2v) is 6.30. The number of fused-ring (bicyclic) bond motifs is 1. The molecule has 0 radical (unpaired) electrons. The molecule has 1 amide bonds. The van der Waals surface area contributed by atoms with Crippen LogP contribution in [0.4, 0.5) is 0 Å². The van der Waals surface area contributed by atoms with Crippen LogP contribution in [0.1, 0.15) is 5.56 Å². The van der Waals surface area contributed by atoms with Crippen LogP contribution in [0.3, 0.4) is 0 Å². The van der Waals surface area contributed by atoms with Crippen LogP contribution in [-0.2, 0) is 20.9 Å². The Kier molecular flexibility index (Phi) is 4.44. The maximum absolute atomic E-state index is 12.3. The van der Waals surface area contributed by atoms with Gasteiger partial charge < -0.3 is 9.30 Å². The van der Waals surface area contributed by atoms with Crippen molar-refractivity contribution in [1.82, 2.24) is 9.47 Å². The molecule has 1 aliphatic heterocycles. The Balaban J connectivity index is 2.06. The van der Waals surface area contributed by atoms with Crippen molar-refractivity contribution in [1.29, 1.82) is 0 Å². The van der Waals surface area contributed by atoms with E-state index in [1.165, 1.54) is 23.8 Å². The number of hydrogen-bond donors (Lipinski definition) is 0. The Morgan fingerprint density at radius 2 is 2.12 bits per heavy atom. The topological polar surface area (TPSA) is 63.9 Å². The van der Waals surface area contributed by atoms with E-state index in [9.17, 15) is 9.59 Å². The summed E-state index contributed by atoms with van der Waals surface area (Å²) in [7, 11) is 4.74. The SMILES string of the molecule is CN=C1SC(=Cc2cn(CC(=O)OC)c3ccccc23)C(=O)N1C. The summed E-state index contributed by atoms with van der Waals surface area (Å²) in [6.45, 7) is 0.128. The first kappa shape index (κ1) is 16.3. The number of carbonyl (C=O) groups excluding carboxylic acids is 2. The summed E-state index contributed by atoms with van der Waals surface area (Å²) >= 11 is 1.34. The zero-order valence-electron chi connectivity index (χ0n) is 13.6. The van der Waals surface area contributed by atoms with Gasteiger partial charge in [-0.1, -0.05) is 18.2 Å². The quantitative estimate of drug-likeness (QED) is 0.634. The Labute approximate surface area is 143 Å². The summed E-state index contributed by atoms with van der Waals surface area (Å²) in [5.74, 6) is -0.396. The summed E-state index contributed by atoms with van der Waals surface area (Å²) in [6, 6.07) is 7.76. The minimum absolute atomic E-state index is 0.0783. The molecule has 1 aromatic heterocycles. The molecule has 7 heteroatoms. The molecule has 24 heavy (non-hydrogen) atoms. The van der Waals surface area contributed by atoms with Gasteiger partial charge in [0.2, 0.25) is 0 Å². The molecule has 3 rings (SSSR count). The van der Waals surface area contributed by atoms with E-state index >= 15 is 0 Å². The number of nitrogens with zero attached hydrogens (tertiary/aromatic N) is 3. The fourth-order valence-electron chi connectivity index (χ4n) is 2.62. The largest absolute Gasteiger partial charge is 0.468 e. The van der Waals surface area contributed by atoms with Crippen molar-refractivity contribution >= 4 is 45.8 Å². The van der Waals surface area contributed by atoms with Gasteiger partial charge in [0, 0.05) is 36.8 Å². The molecule has 1 aromatic carbocycles. The number of para-hydroxylation sites is 1. The highest BCUT2D eigenvalue weighted by Crippen LogP contribution is 2.33. The third kappa shape index (κ3) is 2.82. The molecule has 1 saturated heterocycles. The van der Waals surface area contributed by atoms with Crippen LogP contribution in [0, 0.1) is 0 Å². The lowest BCUT2D eigenvalue weighted by molar-refractivity contribution is -0.141. The first-order valence-corrected chi connectivity index (χ1v) is 8.16. The number of benzene rings is 1. The van der Waals surface area contributed by atoms with Gasteiger partial charge >= 0.3 is 5.97 Å². The molecule has 0 N–H and O–H groups in total. The Hall–Kier alpha value is -2.54. The first-order chi connectivity index (χ1) is 11.5. The molecule has 0 aliphatic carbocycles. The predicted octanol–water partition coefficient (Wildman–Crippen LogP) is 2.35. The van der Waals surface area contributed by atoms with E-state index in [0.717, 1.165) is 16.5 Å². The zero-order valence-corrected chi connectivity index (χ0v) is 14.5. The van der Waals surface area contributed by atoms with Crippen molar-refractivity contribution in [3.8, 4) is 0 Å². The highest BCUT2D eigenvalue weighted by atomic mass is 32.2. The van der Waals surface area contributed by atoms with Crippen molar-refractivity contribution in [2.75, 3.05) is 21.2 Å². The number of aliphatic imine (C=N–C) groups is 1. The summed E-state index contributed by atoms with van der Waals surface area (Å²) < 4.78 is 6.58. The molecule has 1 fully saturated rings. The van der Waals surface area contributed by atoms with Gasteiger partial charge in [0.25, 0.3) is 5.91 Å². The van der Waals surface area contributed by atoms with Crippen LogP contribution < -0.4 is 0 Å². The number of amides is 1. The fourth-order valence-corrected chi connectivity index (χ4v) is 3.53. The zero-order chi connectivity index (χ0) is 17.3. The van der Waals surface area contributed by atoms with Gasteiger partial charge in [-0.3, -0.25) is 19.5 Å². The van der Waals surface area contributed by atoms with Crippen LogP contribution in [-0.4, -0.2) is 47.7 Å². The molecule has 2 heterocycles. The lowest BCUT2D eigenvalue weighted by atomic mass is 10.1. The summed E-state index contributed by atoms with van der Waals surface area (Å²) in [6.07, 6.45) is 3.71. The maximum atomic E-state index is 12.3. The number of carbonyl (C=O) groups is 2. The lowest BCUT2D eigenvalue weighted by Crippen LogP contribution is -2.23. The number of ether oxygens (including phenoxy) is 1. The molecule has 2 aromatic rings. The van der Waals surface area contributed by atoms with Crippen LogP contribution in [0.5, 0.6) is 0 Å². The van der Waals surface area contributed by atoms with Gasteiger partial charge in [-0.05, 0) is 23.9 Å². The molecule has 0 unspecified atom stereocenters. The number of hydrogen-bond acceptors (Lipinski definition) is 5. The molecular formula is C17H17N3O3S. The van der Waals surface area contributed by atoms with E-state index in [0.29, 0.717) is 10.1 Å². The molecule has 0 saturated carbocycles. The number of esters is 1. The Morgan fingerprint density at radius 1 is 1.38 bits per heavy atom. The molecular weight excluding hydrogens is 326 g/mol. The Bertz CT molecular complexity index is 882. The first-order valence-electron chi connectivity index (χ1n) is 7.34. The third-order valence-electron chi connectivity index (χ3n) is 3.83. The molecule has 6 nitrogen and oxygen atoms in total. The molecule has 0 spiro atoms. The van der Waals surface area contributed by atoms with Crippen molar-refractivity contribution in [3.05, 3.63) is 40.9 Å². The summed E-state index contributed by atoms with van der Waals surface area (Å²) in [5.41, 5.74) is 1.80. The Morgan fingerprint density at radius 3 is 2.79 bits per heavy atom. The van der Waals surface area contributed by atoms with Gasteiger partial charge in [0.1, 0.15) is 6.54 Å². The average molecular weight is 343 g/mol. The van der Waals surface area contributed by atoms with Gasteiger partial charge in [-0.25, -0.2) is 0 Å². The van der Waals surface area contributed by atoms with E-state index in [1.54, 1.807) is 14.1 Å². The van der Waals surface area contributed by atoms with Crippen LogP contribution >= 0.6 is 11.8 Å². The van der Waals surface area contributed by atoms with Crippen LogP contribution in [0.25, 0.3) is 17.0 Å². The van der Waals surface area contributed by atoms with Gasteiger partial charge in [0.15, 0.2) is 5.17 Å². The summed E-state index contributed by atoms with van der Waals surface area (Å²) in [5, 5.41) is 1.65. The van der Waals surface area contributed by atoms with E-state index < -0.39 is 0 Å². The molecule has 0 bridgehead atoms. The molecule has 1 aliphatic rings. The number of methoxy groups -OCH3 is 1. The number of thioether (sulfide) groups is 1. The number of rotatable bonds is 3. The van der Waals surface area contributed by atoms with Crippen molar-refractivity contribution in [2.24, 2.45) is 4.99 Å². The minimum Gasteiger partial charge on any atom is -0.468 e. The number of likely N-dealkylation sites (N-methyl/N-ethyl adjacent to an activating group) is 1. The van der Waals surface area contributed by atoms with Gasteiger partial charge in [-0.2, -0.15) is 0 Å². The predicted molar refractivity (Wildman–Crippen MR) is 95.7 cm³/mol. The third-order valence-corrected chi connectivity index (χ3v) is 4.98. The van der Waals surface area contributed by atoms with Gasteiger partial charge in [0.05, 0.1) is 12.0 Å². The minimum atomic E-state index is -0.318. The fraction of sp³-hybridized carbons (Fsp3) is 0.235. The lowest BCUT2D eigenvalue weighted by Gasteiger charge is -2.04. The van der Waals surface area contributed by atoms with Crippen molar-refractivity contribution in [3.63, 3.8) is 0 Å². The highest BCUT2D eigenvalue weighted by Gasteiger charge is 2.30. The second kappa shape index (κ2) is 6.52. The van der Waals surface area contributed by atoms with E-state index in [-0.39, 0.29) is 18.4 Å². The normalized spacial score (nSPS) is 18.1. The average Bonchev–Trinajstić information content (AvgIpc) is 3.07. The standard InChI is InChI=1S/C17H17N3O3S/c1-18-17-19(2)16(22)14(24-17)8-11-9-20(10-15(21)23-3)13-7-5-4-6-12(11)13/h4-9H,10H2,1-3H3. The molecule has 0 atom stereocenters. The van der Waals surface area contributed by atoms with Gasteiger partial charge in [-0.15, -0.1) is 0 Å². The molecule has 124 valence electrons.